The third-order valence-corrected chi connectivity index (χ3v) is 3.95. The second-order valence-electron chi connectivity index (χ2n) is 5.64. The van der Waals surface area contributed by atoms with E-state index >= 15 is 0 Å². The van der Waals surface area contributed by atoms with Gasteiger partial charge in [0, 0.05) is 5.56 Å². The molecule has 0 aliphatic carbocycles. The van der Waals surface area contributed by atoms with Crippen LogP contribution in [-0.2, 0) is 0 Å². The van der Waals surface area contributed by atoms with Crippen LogP contribution in [0.5, 0.6) is 5.75 Å². The lowest BCUT2D eigenvalue weighted by Gasteiger charge is -2.12. The summed E-state index contributed by atoms with van der Waals surface area (Å²) in [5, 5.41) is 0. The summed E-state index contributed by atoms with van der Waals surface area (Å²) in [6, 6.07) is 27.4. The minimum atomic E-state index is 0.773. The number of unbranched alkanes of at least 4 members (excludes halogenated alkanes) is 1. The summed E-state index contributed by atoms with van der Waals surface area (Å²) in [7, 11) is 0. The SMILES string of the molecule is CCCCOc1ccccc1-c1ccc(-c2ccccc2)cc1. The van der Waals surface area contributed by atoms with Crippen molar-refractivity contribution in [2.75, 3.05) is 6.61 Å². The summed E-state index contributed by atoms with van der Waals surface area (Å²) in [5.41, 5.74) is 4.82. The van der Waals surface area contributed by atoms with Crippen molar-refractivity contribution in [2.24, 2.45) is 0 Å². The zero-order chi connectivity index (χ0) is 15.9. The van der Waals surface area contributed by atoms with E-state index < -0.39 is 0 Å². The highest BCUT2D eigenvalue weighted by Crippen LogP contribution is 2.31. The smallest absolute Gasteiger partial charge is 0.127 e. The van der Waals surface area contributed by atoms with E-state index in [1.54, 1.807) is 0 Å². The van der Waals surface area contributed by atoms with E-state index in [4.69, 9.17) is 4.74 Å². The van der Waals surface area contributed by atoms with Gasteiger partial charge in [-0.3, -0.25) is 0 Å². The van der Waals surface area contributed by atoms with Crippen molar-refractivity contribution in [3.05, 3.63) is 78.9 Å². The Morgan fingerprint density at radius 1 is 0.652 bits per heavy atom. The van der Waals surface area contributed by atoms with Crippen molar-refractivity contribution < 1.29 is 4.74 Å². The summed E-state index contributed by atoms with van der Waals surface area (Å²) in [6.07, 6.45) is 2.23. The van der Waals surface area contributed by atoms with Gasteiger partial charge in [-0.25, -0.2) is 0 Å². The van der Waals surface area contributed by atoms with E-state index in [9.17, 15) is 0 Å². The fourth-order valence-electron chi connectivity index (χ4n) is 2.63. The van der Waals surface area contributed by atoms with Crippen LogP contribution in [0.15, 0.2) is 78.9 Å². The predicted molar refractivity (Wildman–Crippen MR) is 97.7 cm³/mol. The second-order valence-corrected chi connectivity index (χ2v) is 5.64. The Hall–Kier alpha value is -2.54. The van der Waals surface area contributed by atoms with Gasteiger partial charge in [0.05, 0.1) is 6.61 Å². The molecule has 0 atom stereocenters. The predicted octanol–water partition coefficient (Wildman–Crippen LogP) is 6.20. The minimum Gasteiger partial charge on any atom is -0.493 e. The molecular formula is C22H22O. The standard InChI is InChI=1S/C22H22O/c1-2-3-17-23-22-12-8-7-11-21(22)20-15-13-19(14-16-20)18-9-5-4-6-10-18/h4-16H,2-3,17H2,1H3. The van der Waals surface area contributed by atoms with E-state index in [1.165, 1.54) is 16.7 Å². The summed E-state index contributed by atoms with van der Waals surface area (Å²) in [6.45, 7) is 2.95. The molecule has 0 amide bonds. The molecule has 116 valence electrons. The van der Waals surface area contributed by atoms with Gasteiger partial charge in [-0.05, 0) is 29.2 Å². The lowest BCUT2D eigenvalue weighted by atomic mass is 10.00. The number of rotatable bonds is 6. The van der Waals surface area contributed by atoms with Crippen molar-refractivity contribution in [3.63, 3.8) is 0 Å². The maximum atomic E-state index is 5.95. The fourth-order valence-corrected chi connectivity index (χ4v) is 2.63. The normalized spacial score (nSPS) is 10.5. The Labute approximate surface area is 138 Å². The van der Waals surface area contributed by atoms with Gasteiger partial charge in [0.25, 0.3) is 0 Å². The van der Waals surface area contributed by atoms with Crippen LogP contribution in [0.1, 0.15) is 19.8 Å². The molecule has 23 heavy (non-hydrogen) atoms. The first kappa shape index (κ1) is 15.4. The molecule has 0 radical (unpaired) electrons. The molecule has 0 bridgehead atoms. The van der Waals surface area contributed by atoms with Gasteiger partial charge in [-0.15, -0.1) is 0 Å². The second kappa shape index (κ2) is 7.64. The van der Waals surface area contributed by atoms with Gasteiger partial charge >= 0.3 is 0 Å². The van der Waals surface area contributed by atoms with Crippen LogP contribution in [0.4, 0.5) is 0 Å². The Kier molecular flexibility index (Phi) is 5.10. The number of hydrogen-bond donors (Lipinski definition) is 0. The van der Waals surface area contributed by atoms with E-state index in [1.807, 2.05) is 12.1 Å². The summed E-state index contributed by atoms with van der Waals surface area (Å²) < 4.78 is 5.95. The third-order valence-electron chi connectivity index (χ3n) is 3.95. The summed E-state index contributed by atoms with van der Waals surface area (Å²) >= 11 is 0. The molecule has 0 heterocycles. The highest BCUT2D eigenvalue weighted by atomic mass is 16.5. The first-order chi connectivity index (χ1) is 11.4. The van der Waals surface area contributed by atoms with Crippen molar-refractivity contribution >= 4 is 0 Å². The van der Waals surface area contributed by atoms with Crippen LogP contribution in [0.2, 0.25) is 0 Å². The molecule has 3 rings (SSSR count). The van der Waals surface area contributed by atoms with Gasteiger partial charge in [0.2, 0.25) is 0 Å². The molecule has 0 aliphatic rings. The monoisotopic (exact) mass is 302 g/mol. The average Bonchev–Trinajstić information content (AvgIpc) is 2.63. The van der Waals surface area contributed by atoms with Crippen LogP contribution < -0.4 is 4.74 Å². The Bertz CT molecular complexity index is 729. The molecular weight excluding hydrogens is 280 g/mol. The van der Waals surface area contributed by atoms with E-state index in [0.29, 0.717) is 0 Å². The molecule has 0 saturated heterocycles. The number of benzene rings is 3. The van der Waals surface area contributed by atoms with Crippen molar-refractivity contribution in [2.45, 2.75) is 19.8 Å². The van der Waals surface area contributed by atoms with Crippen LogP contribution in [0.25, 0.3) is 22.3 Å². The Morgan fingerprint density at radius 2 is 1.26 bits per heavy atom. The van der Waals surface area contributed by atoms with Gasteiger partial charge in [0.1, 0.15) is 5.75 Å². The molecule has 0 spiro atoms. The maximum Gasteiger partial charge on any atom is 0.127 e. The molecule has 0 unspecified atom stereocenters. The van der Waals surface area contributed by atoms with E-state index in [-0.39, 0.29) is 0 Å². The minimum absolute atomic E-state index is 0.773. The van der Waals surface area contributed by atoms with Crippen molar-refractivity contribution in [1.82, 2.24) is 0 Å². The van der Waals surface area contributed by atoms with Crippen LogP contribution in [0, 0.1) is 0 Å². The lowest BCUT2D eigenvalue weighted by molar-refractivity contribution is 0.310. The van der Waals surface area contributed by atoms with Crippen molar-refractivity contribution in [1.29, 1.82) is 0 Å². The largest absolute Gasteiger partial charge is 0.493 e. The summed E-state index contributed by atoms with van der Waals surface area (Å²) in [5.74, 6) is 0.966. The van der Waals surface area contributed by atoms with Crippen LogP contribution in [-0.4, -0.2) is 6.61 Å². The van der Waals surface area contributed by atoms with E-state index in [2.05, 4.69) is 73.7 Å². The van der Waals surface area contributed by atoms with Crippen LogP contribution >= 0.6 is 0 Å². The first-order valence-corrected chi connectivity index (χ1v) is 8.26. The molecule has 3 aromatic carbocycles. The average molecular weight is 302 g/mol. The van der Waals surface area contributed by atoms with E-state index in [0.717, 1.165) is 30.8 Å². The molecule has 1 nitrogen and oxygen atoms in total. The lowest BCUT2D eigenvalue weighted by Crippen LogP contribution is -1.97. The number of ether oxygens (including phenoxy) is 1. The van der Waals surface area contributed by atoms with Crippen LogP contribution in [0.3, 0.4) is 0 Å². The molecule has 0 aliphatic heterocycles. The highest BCUT2D eigenvalue weighted by Gasteiger charge is 2.06. The van der Waals surface area contributed by atoms with Gasteiger partial charge in [-0.1, -0.05) is 86.1 Å². The maximum absolute atomic E-state index is 5.95. The molecule has 3 aromatic rings. The first-order valence-electron chi connectivity index (χ1n) is 8.26. The van der Waals surface area contributed by atoms with Gasteiger partial charge < -0.3 is 4.74 Å². The highest BCUT2D eigenvalue weighted by molar-refractivity contribution is 5.74. The zero-order valence-corrected chi connectivity index (χ0v) is 13.5. The molecule has 1 heteroatoms. The van der Waals surface area contributed by atoms with Gasteiger partial charge in [-0.2, -0.15) is 0 Å². The quantitative estimate of drug-likeness (QED) is 0.493. The number of para-hydroxylation sites is 1. The van der Waals surface area contributed by atoms with Crippen molar-refractivity contribution in [3.8, 4) is 28.0 Å². The Morgan fingerprint density at radius 3 is 2.00 bits per heavy atom. The molecule has 0 fully saturated rings. The number of hydrogen-bond acceptors (Lipinski definition) is 1. The molecule has 0 saturated carbocycles. The van der Waals surface area contributed by atoms with Gasteiger partial charge in [0.15, 0.2) is 0 Å². The summed E-state index contributed by atoms with van der Waals surface area (Å²) in [4.78, 5) is 0. The zero-order valence-electron chi connectivity index (χ0n) is 13.5. The molecule has 0 aromatic heterocycles. The fraction of sp³-hybridized carbons (Fsp3) is 0.182. The third kappa shape index (κ3) is 3.81. The molecule has 0 N–H and O–H groups in total. The topological polar surface area (TPSA) is 9.23 Å². The Balaban J connectivity index is 1.85.